The van der Waals surface area contributed by atoms with E-state index in [1.807, 2.05) is 51.1 Å². The second-order valence-corrected chi connectivity index (χ2v) is 5.05. The largest absolute Gasteiger partial charge is 0.507 e. The topological polar surface area (TPSA) is 37.3 Å². The maximum absolute atomic E-state index is 12.5. The Hall–Kier alpha value is -2.09. The molecular formula is C17H18O2. The first-order valence-electron chi connectivity index (χ1n) is 6.44. The van der Waals surface area contributed by atoms with Crippen LogP contribution in [-0.2, 0) is 0 Å². The number of aromatic hydroxyl groups is 1. The first-order valence-corrected chi connectivity index (χ1v) is 6.44. The van der Waals surface area contributed by atoms with Gasteiger partial charge in [0.15, 0.2) is 5.78 Å². The van der Waals surface area contributed by atoms with Gasteiger partial charge in [-0.15, -0.1) is 0 Å². The van der Waals surface area contributed by atoms with E-state index in [0.29, 0.717) is 11.1 Å². The minimum atomic E-state index is -0.127. The minimum absolute atomic E-state index is 0.115. The molecule has 2 heteroatoms. The Balaban J connectivity index is 2.56. The Bertz CT molecular complexity index is 598. The highest BCUT2D eigenvalue weighted by molar-refractivity contribution is 6.11. The van der Waals surface area contributed by atoms with Gasteiger partial charge in [0.1, 0.15) is 5.75 Å². The van der Waals surface area contributed by atoms with Gasteiger partial charge < -0.3 is 5.11 Å². The lowest BCUT2D eigenvalue weighted by molar-refractivity contribution is 0.103. The van der Waals surface area contributed by atoms with E-state index >= 15 is 0 Å². The minimum Gasteiger partial charge on any atom is -0.507 e. The van der Waals surface area contributed by atoms with E-state index in [2.05, 4.69) is 0 Å². The van der Waals surface area contributed by atoms with Crippen molar-refractivity contribution >= 4 is 5.78 Å². The molecule has 2 rings (SSSR count). The maximum Gasteiger partial charge on any atom is 0.197 e. The summed E-state index contributed by atoms with van der Waals surface area (Å²) in [6.45, 7) is 5.85. The molecule has 2 aromatic carbocycles. The fourth-order valence-corrected chi connectivity index (χ4v) is 2.19. The van der Waals surface area contributed by atoms with Crippen LogP contribution in [0.5, 0.6) is 5.75 Å². The van der Waals surface area contributed by atoms with Crippen LogP contribution in [0.3, 0.4) is 0 Å². The van der Waals surface area contributed by atoms with Crippen LogP contribution >= 0.6 is 0 Å². The van der Waals surface area contributed by atoms with Gasteiger partial charge in [0.05, 0.1) is 5.56 Å². The van der Waals surface area contributed by atoms with E-state index < -0.39 is 0 Å². The molecule has 0 aliphatic rings. The molecule has 2 aromatic rings. The summed E-state index contributed by atoms with van der Waals surface area (Å²) < 4.78 is 0. The van der Waals surface area contributed by atoms with Crippen molar-refractivity contribution in [1.29, 1.82) is 0 Å². The van der Waals surface area contributed by atoms with Crippen molar-refractivity contribution < 1.29 is 9.90 Å². The molecule has 2 nitrogen and oxygen atoms in total. The molecule has 0 saturated heterocycles. The fraction of sp³-hybridized carbons (Fsp3) is 0.235. The molecule has 98 valence electrons. The van der Waals surface area contributed by atoms with Crippen molar-refractivity contribution in [2.24, 2.45) is 0 Å². The SMILES string of the molecule is Cc1ccc(C(C)C)c(O)c1C(=O)c1ccccc1. The summed E-state index contributed by atoms with van der Waals surface area (Å²) in [6.07, 6.45) is 0. The van der Waals surface area contributed by atoms with Crippen LogP contribution in [-0.4, -0.2) is 10.9 Å². The van der Waals surface area contributed by atoms with Gasteiger partial charge in [0, 0.05) is 5.56 Å². The molecule has 0 saturated carbocycles. The maximum atomic E-state index is 12.5. The highest BCUT2D eigenvalue weighted by Gasteiger charge is 2.19. The van der Waals surface area contributed by atoms with Crippen molar-refractivity contribution in [1.82, 2.24) is 0 Å². The quantitative estimate of drug-likeness (QED) is 0.839. The smallest absolute Gasteiger partial charge is 0.197 e. The summed E-state index contributed by atoms with van der Waals surface area (Å²) in [5.41, 5.74) is 2.62. The first-order chi connectivity index (χ1) is 9.02. The van der Waals surface area contributed by atoms with Crippen molar-refractivity contribution in [3.8, 4) is 5.75 Å². The monoisotopic (exact) mass is 254 g/mol. The molecule has 0 amide bonds. The van der Waals surface area contributed by atoms with Crippen LogP contribution in [0, 0.1) is 6.92 Å². The number of phenolic OH excluding ortho intramolecular Hbond substituents is 1. The van der Waals surface area contributed by atoms with Gasteiger partial charge >= 0.3 is 0 Å². The Kier molecular flexibility index (Phi) is 3.70. The number of benzene rings is 2. The van der Waals surface area contributed by atoms with E-state index in [1.165, 1.54) is 0 Å². The molecule has 19 heavy (non-hydrogen) atoms. The lowest BCUT2D eigenvalue weighted by Crippen LogP contribution is -2.06. The first kappa shape index (κ1) is 13.3. The second kappa shape index (κ2) is 5.27. The number of hydrogen-bond acceptors (Lipinski definition) is 2. The molecule has 1 N–H and O–H groups in total. The normalized spacial score (nSPS) is 10.7. The van der Waals surface area contributed by atoms with Crippen molar-refractivity contribution in [3.05, 3.63) is 64.7 Å². The average molecular weight is 254 g/mol. The number of hydrogen-bond donors (Lipinski definition) is 1. The third kappa shape index (κ3) is 2.53. The Labute approximate surface area is 113 Å². The number of carbonyl (C=O) groups excluding carboxylic acids is 1. The molecule has 0 aliphatic carbocycles. The fourth-order valence-electron chi connectivity index (χ4n) is 2.19. The van der Waals surface area contributed by atoms with Gasteiger partial charge in [0.25, 0.3) is 0 Å². The molecule has 0 atom stereocenters. The van der Waals surface area contributed by atoms with Gasteiger partial charge in [-0.25, -0.2) is 0 Å². The summed E-state index contributed by atoms with van der Waals surface area (Å²) in [4.78, 5) is 12.5. The van der Waals surface area contributed by atoms with Crippen LogP contribution < -0.4 is 0 Å². The van der Waals surface area contributed by atoms with Crippen molar-refractivity contribution in [2.75, 3.05) is 0 Å². The molecule has 0 bridgehead atoms. The van der Waals surface area contributed by atoms with Crippen LogP contribution in [0.15, 0.2) is 42.5 Å². The van der Waals surface area contributed by atoms with E-state index in [0.717, 1.165) is 11.1 Å². The summed E-state index contributed by atoms with van der Waals surface area (Å²) in [5, 5.41) is 10.4. The zero-order chi connectivity index (χ0) is 14.0. The molecule has 0 unspecified atom stereocenters. The molecule has 0 radical (unpaired) electrons. The molecule has 0 heterocycles. The van der Waals surface area contributed by atoms with Crippen molar-refractivity contribution in [2.45, 2.75) is 26.7 Å². The van der Waals surface area contributed by atoms with E-state index in [9.17, 15) is 9.90 Å². The van der Waals surface area contributed by atoms with Crippen LogP contribution in [0.1, 0.15) is 46.8 Å². The number of phenols is 1. The summed E-state index contributed by atoms with van der Waals surface area (Å²) in [6, 6.07) is 12.8. The molecule has 0 aliphatic heterocycles. The van der Waals surface area contributed by atoms with Gasteiger partial charge in [0.2, 0.25) is 0 Å². The predicted molar refractivity (Wildman–Crippen MR) is 76.8 cm³/mol. The average Bonchev–Trinajstić information content (AvgIpc) is 2.39. The number of carbonyl (C=O) groups is 1. The lowest BCUT2D eigenvalue weighted by Gasteiger charge is -2.14. The van der Waals surface area contributed by atoms with Gasteiger partial charge in [-0.2, -0.15) is 0 Å². The van der Waals surface area contributed by atoms with Crippen molar-refractivity contribution in [3.63, 3.8) is 0 Å². The zero-order valence-corrected chi connectivity index (χ0v) is 11.5. The summed E-state index contributed by atoms with van der Waals surface area (Å²) >= 11 is 0. The molecule has 0 spiro atoms. The second-order valence-electron chi connectivity index (χ2n) is 5.05. The number of aryl methyl sites for hydroxylation is 1. The van der Waals surface area contributed by atoms with Gasteiger partial charge in [-0.3, -0.25) is 4.79 Å². The Morgan fingerprint density at radius 2 is 1.68 bits per heavy atom. The molecular weight excluding hydrogens is 236 g/mol. The van der Waals surface area contributed by atoms with E-state index in [-0.39, 0.29) is 17.5 Å². The Morgan fingerprint density at radius 1 is 1.05 bits per heavy atom. The standard InChI is InChI=1S/C17H18O2/c1-11(2)14-10-9-12(3)15(17(14)19)16(18)13-7-5-4-6-8-13/h4-11,19H,1-3H3. The third-order valence-electron chi connectivity index (χ3n) is 3.30. The third-order valence-corrected chi connectivity index (χ3v) is 3.30. The number of ketones is 1. The lowest BCUT2D eigenvalue weighted by atomic mass is 9.92. The predicted octanol–water partition coefficient (Wildman–Crippen LogP) is 4.06. The molecule has 0 aromatic heterocycles. The van der Waals surface area contributed by atoms with Crippen LogP contribution in [0.2, 0.25) is 0 Å². The van der Waals surface area contributed by atoms with E-state index in [1.54, 1.807) is 12.1 Å². The number of rotatable bonds is 3. The zero-order valence-electron chi connectivity index (χ0n) is 11.5. The van der Waals surface area contributed by atoms with Crippen LogP contribution in [0.25, 0.3) is 0 Å². The molecule has 0 fully saturated rings. The summed E-state index contributed by atoms with van der Waals surface area (Å²) in [5.74, 6) is 0.171. The Morgan fingerprint density at radius 3 is 2.26 bits per heavy atom. The van der Waals surface area contributed by atoms with Gasteiger partial charge in [-0.05, 0) is 24.0 Å². The highest BCUT2D eigenvalue weighted by atomic mass is 16.3. The van der Waals surface area contributed by atoms with Crippen LogP contribution in [0.4, 0.5) is 0 Å². The van der Waals surface area contributed by atoms with E-state index in [4.69, 9.17) is 0 Å². The van der Waals surface area contributed by atoms with Gasteiger partial charge in [-0.1, -0.05) is 56.3 Å². The summed E-state index contributed by atoms with van der Waals surface area (Å²) in [7, 11) is 0. The highest BCUT2D eigenvalue weighted by Crippen LogP contribution is 2.32.